The molecule has 2 aromatic carbocycles. The smallest absolute Gasteiger partial charge is 0.254 e. The van der Waals surface area contributed by atoms with E-state index in [0.29, 0.717) is 18.7 Å². The molecule has 0 N–H and O–H groups in total. The monoisotopic (exact) mass is 446 g/mol. The number of fused-ring (bicyclic) bond motifs is 1. The first-order valence-corrected chi connectivity index (χ1v) is 12.1. The summed E-state index contributed by atoms with van der Waals surface area (Å²) in [5, 5.41) is 2.12. The van der Waals surface area contributed by atoms with Crippen LogP contribution in [0.3, 0.4) is 0 Å². The number of hydrogen-bond acceptors (Lipinski definition) is 3. The minimum atomic E-state index is -0.101. The average Bonchev–Trinajstić information content (AvgIpc) is 3.28. The number of hydrogen-bond donors (Lipinski definition) is 0. The van der Waals surface area contributed by atoms with E-state index in [-0.39, 0.29) is 24.4 Å². The summed E-state index contributed by atoms with van der Waals surface area (Å²) in [7, 11) is 0. The molecule has 0 aliphatic carbocycles. The van der Waals surface area contributed by atoms with Crippen LogP contribution in [-0.4, -0.2) is 41.2 Å². The van der Waals surface area contributed by atoms with Gasteiger partial charge in [-0.3, -0.25) is 9.59 Å². The molecule has 5 heteroatoms. The number of carbonyl (C=O) groups is 2. The molecule has 2 amide bonds. The second-order valence-electron chi connectivity index (χ2n) is 8.54. The minimum absolute atomic E-state index is 0.00124. The summed E-state index contributed by atoms with van der Waals surface area (Å²) >= 11 is 1.76. The van der Waals surface area contributed by atoms with Crippen molar-refractivity contribution >= 4 is 23.2 Å². The van der Waals surface area contributed by atoms with Crippen molar-refractivity contribution < 1.29 is 9.59 Å². The molecule has 0 radical (unpaired) electrons. The summed E-state index contributed by atoms with van der Waals surface area (Å²) in [6.07, 6.45) is 1.67. The lowest BCUT2D eigenvalue weighted by molar-refractivity contribution is -0.134. The lowest BCUT2D eigenvalue weighted by Crippen LogP contribution is -2.47. The van der Waals surface area contributed by atoms with Crippen molar-refractivity contribution in [3.05, 3.63) is 92.7 Å². The van der Waals surface area contributed by atoms with Crippen molar-refractivity contribution in [1.82, 2.24) is 9.80 Å². The fraction of sp³-hybridized carbons (Fsp3) is 0.333. The van der Waals surface area contributed by atoms with E-state index in [2.05, 4.69) is 42.6 Å². The molecule has 0 fully saturated rings. The zero-order valence-corrected chi connectivity index (χ0v) is 19.8. The molecular weight excluding hydrogens is 416 g/mol. The van der Waals surface area contributed by atoms with E-state index in [1.807, 2.05) is 43.0 Å². The Balaban J connectivity index is 1.60. The number of amides is 2. The molecule has 2 heterocycles. The highest BCUT2D eigenvalue weighted by Gasteiger charge is 2.34. The maximum Gasteiger partial charge on any atom is 0.254 e. The Kier molecular flexibility index (Phi) is 6.75. The lowest BCUT2D eigenvalue weighted by atomic mass is 9.92. The minimum Gasteiger partial charge on any atom is -0.330 e. The molecule has 3 aromatic rings. The summed E-state index contributed by atoms with van der Waals surface area (Å²) in [6.45, 7) is 7.44. The van der Waals surface area contributed by atoms with E-state index in [4.69, 9.17) is 0 Å². The van der Waals surface area contributed by atoms with Gasteiger partial charge in [-0.05, 0) is 61.4 Å². The van der Waals surface area contributed by atoms with Gasteiger partial charge in [-0.2, -0.15) is 0 Å². The van der Waals surface area contributed by atoms with Crippen LogP contribution in [0.4, 0.5) is 0 Å². The highest BCUT2D eigenvalue weighted by atomic mass is 32.1. The Morgan fingerprint density at radius 2 is 1.66 bits per heavy atom. The largest absolute Gasteiger partial charge is 0.330 e. The van der Waals surface area contributed by atoms with Crippen molar-refractivity contribution in [2.45, 2.75) is 39.7 Å². The predicted octanol–water partition coefficient (Wildman–Crippen LogP) is 5.39. The fourth-order valence-corrected chi connectivity index (χ4v) is 5.25. The van der Waals surface area contributed by atoms with E-state index in [0.717, 1.165) is 24.0 Å². The Morgan fingerprint density at radius 3 is 2.31 bits per heavy atom. The number of thiophene rings is 1. The standard InChI is InChI=1S/C27H30N2O2S/c1-4-15-28(27(31)22-11-7-20(3)8-12-22)18-25(30)29-16-13-24-23(14-17-32-24)26(29)21-9-5-19(2)6-10-21/h5-12,14,17,26H,4,13,15-16,18H2,1-3H3. The van der Waals surface area contributed by atoms with E-state index in [9.17, 15) is 9.59 Å². The zero-order chi connectivity index (χ0) is 22.7. The van der Waals surface area contributed by atoms with Gasteiger partial charge in [0.1, 0.15) is 6.54 Å². The van der Waals surface area contributed by atoms with Crippen LogP contribution in [0.1, 0.15) is 56.9 Å². The fourth-order valence-electron chi connectivity index (χ4n) is 4.35. The predicted molar refractivity (Wildman–Crippen MR) is 130 cm³/mol. The maximum absolute atomic E-state index is 13.6. The second-order valence-corrected chi connectivity index (χ2v) is 9.54. The van der Waals surface area contributed by atoms with Crippen molar-refractivity contribution in [1.29, 1.82) is 0 Å². The van der Waals surface area contributed by atoms with Crippen LogP contribution in [0.25, 0.3) is 0 Å². The van der Waals surface area contributed by atoms with Crippen LogP contribution in [0.5, 0.6) is 0 Å². The average molecular weight is 447 g/mol. The third-order valence-corrected chi connectivity index (χ3v) is 7.08. The first-order chi connectivity index (χ1) is 15.5. The van der Waals surface area contributed by atoms with Crippen molar-refractivity contribution in [2.24, 2.45) is 0 Å². The topological polar surface area (TPSA) is 40.6 Å². The number of benzene rings is 2. The molecular formula is C27H30N2O2S. The molecule has 1 atom stereocenters. The second kappa shape index (κ2) is 9.70. The third kappa shape index (κ3) is 4.63. The van der Waals surface area contributed by atoms with Gasteiger partial charge in [0.2, 0.25) is 5.91 Å². The molecule has 0 saturated heterocycles. The van der Waals surface area contributed by atoms with Gasteiger partial charge >= 0.3 is 0 Å². The number of aryl methyl sites for hydroxylation is 2. The van der Waals surface area contributed by atoms with Crippen LogP contribution < -0.4 is 0 Å². The van der Waals surface area contributed by atoms with E-state index >= 15 is 0 Å². The SMILES string of the molecule is CCCN(CC(=O)N1CCc2sccc2C1c1ccc(C)cc1)C(=O)c1ccc(C)cc1. The molecule has 0 spiro atoms. The lowest BCUT2D eigenvalue weighted by Gasteiger charge is -2.37. The van der Waals surface area contributed by atoms with Crippen LogP contribution in [0, 0.1) is 13.8 Å². The molecule has 4 rings (SSSR count). The van der Waals surface area contributed by atoms with Gasteiger partial charge in [0.25, 0.3) is 5.91 Å². The Labute approximate surface area is 194 Å². The molecule has 32 heavy (non-hydrogen) atoms. The quantitative estimate of drug-likeness (QED) is 0.509. The normalized spacial score (nSPS) is 15.3. The van der Waals surface area contributed by atoms with Gasteiger partial charge in [-0.25, -0.2) is 0 Å². The van der Waals surface area contributed by atoms with Gasteiger partial charge in [0.15, 0.2) is 0 Å². The molecule has 1 aromatic heterocycles. The summed E-state index contributed by atoms with van der Waals surface area (Å²) in [5.74, 6) is -0.0818. The molecule has 0 bridgehead atoms. The Hall–Kier alpha value is -2.92. The molecule has 1 unspecified atom stereocenters. The molecule has 1 aliphatic rings. The third-order valence-electron chi connectivity index (χ3n) is 6.08. The highest BCUT2D eigenvalue weighted by molar-refractivity contribution is 7.10. The van der Waals surface area contributed by atoms with Crippen LogP contribution in [-0.2, 0) is 11.2 Å². The summed E-state index contributed by atoms with van der Waals surface area (Å²) in [6, 6.07) is 18.1. The maximum atomic E-state index is 13.6. The van der Waals surface area contributed by atoms with Gasteiger partial charge in [-0.15, -0.1) is 11.3 Å². The van der Waals surface area contributed by atoms with Crippen LogP contribution in [0.15, 0.2) is 60.0 Å². The zero-order valence-electron chi connectivity index (χ0n) is 19.0. The Morgan fingerprint density at radius 1 is 1.00 bits per heavy atom. The number of nitrogens with zero attached hydrogens (tertiary/aromatic N) is 2. The van der Waals surface area contributed by atoms with Gasteiger partial charge < -0.3 is 9.80 Å². The van der Waals surface area contributed by atoms with Crippen molar-refractivity contribution in [3.63, 3.8) is 0 Å². The van der Waals surface area contributed by atoms with Crippen molar-refractivity contribution in [3.8, 4) is 0 Å². The van der Waals surface area contributed by atoms with Crippen LogP contribution >= 0.6 is 11.3 Å². The molecule has 1 aliphatic heterocycles. The van der Waals surface area contributed by atoms with Gasteiger partial charge in [0.05, 0.1) is 6.04 Å². The highest BCUT2D eigenvalue weighted by Crippen LogP contribution is 2.38. The van der Waals surface area contributed by atoms with Gasteiger partial charge in [0, 0.05) is 23.5 Å². The number of rotatable bonds is 6. The Bertz CT molecular complexity index is 1090. The first-order valence-electron chi connectivity index (χ1n) is 11.3. The summed E-state index contributed by atoms with van der Waals surface area (Å²) < 4.78 is 0. The first kappa shape index (κ1) is 22.3. The molecule has 0 saturated carbocycles. The van der Waals surface area contributed by atoms with Crippen LogP contribution in [0.2, 0.25) is 0 Å². The van der Waals surface area contributed by atoms with E-state index in [1.54, 1.807) is 16.2 Å². The summed E-state index contributed by atoms with van der Waals surface area (Å²) in [4.78, 5) is 31.8. The van der Waals surface area contributed by atoms with Crippen molar-refractivity contribution in [2.75, 3.05) is 19.6 Å². The summed E-state index contributed by atoms with van der Waals surface area (Å²) in [5.41, 5.74) is 5.28. The van der Waals surface area contributed by atoms with E-state index in [1.165, 1.54) is 16.0 Å². The van der Waals surface area contributed by atoms with Gasteiger partial charge in [-0.1, -0.05) is 54.4 Å². The number of carbonyl (C=O) groups excluding carboxylic acids is 2. The molecule has 4 nitrogen and oxygen atoms in total. The van der Waals surface area contributed by atoms with E-state index < -0.39 is 0 Å². The molecule has 166 valence electrons.